The molecule has 2 aliphatic carbocycles. The number of aromatic carboxylic acids is 1. The number of nitrogens with zero attached hydrogens (tertiary/aromatic N) is 2. The second kappa shape index (κ2) is 13.6. The van der Waals surface area contributed by atoms with Crippen molar-refractivity contribution in [2.24, 2.45) is 5.41 Å². The molecule has 8 heteroatoms. The molecule has 2 aromatic carbocycles. The summed E-state index contributed by atoms with van der Waals surface area (Å²) in [5.74, 6) is -0.743. The molecule has 1 aromatic heterocycles. The molecule has 4 atom stereocenters. The fraction of sp³-hybridized carbons (Fsp3) is 0.500. The van der Waals surface area contributed by atoms with Gasteiger partial charge in [-0.15, -0.1) is 0 Å². The zero-order chi connectivity index (χ0) is 29.5. The van der Waals surface area contributed by atoms with Crippen molar-refractivity contribution in [1.82, 2.24) is 15.1 Å². The zero-order valence-electron chi connectivity index (χ0n) is 24.8. The topological polar surface area (TPSA) is 103 Å². The Bertz CT molecular complexity index is 1360. The van der Waals surface area contributed by atoms with E-state index in [-0.39, 0.29) is 35.7 Å². The van der Waals surface area contributed by atoms with E-state index in [9.17, 15) is 14.7 Å². The molecule has 0 saturated heterocycles. The predicted molar refractivity (Wildman–Crippen MR) is 161 cm³/mol. The summed E-state index contributed by atoms with van der Waals surface area (Å²) >= 11 is 0. The van der Waals surface area contributed by atoms with E-state index in [0.717, 1.165) is 50.5 Å². The fourth-order valence-corrected chi connectivity index (χ4v) is 6.68. The third kappa shape index (κ3) is 7.21. The molecule has 42 heavy (non-hydrogen) atoms. The van der Waals surface area contributed by atoms with Gasteiger partial charge in [-0.25, -0.2) is 9.48 Å². The van der Waals surface area contributed by atoms with Gasteiger partial charge in [0.05, 0.1) is 25.4 Å². The van der Waals surface area contributed by atoms with Crippen LogP contribution in [0.4, 0.5) is 0 Å². The SMILES string of the molecule is Cc1ccccc1C1CCCC[C@@]1(C)COc1cc(C(=O)O)nn1CC(=O)N[C@H]1CCCC[C@@H]1OCc1ccccc1. The minimum Gasteiger partial charge on any atom is -0.477 e. The molecule has 2 fully saturated rings. The third-order valence-corrected chi connectivity index (χ3v) is 9.06. The number of carboxylic acid groups (broad SMARTS) is 1. The summed E-state index contributed by atoms with van der Waals surface area (Å²) in [7, 11) is 0. The highest BCUT2D eigenvalue weighted by Gasteiger charge is 2.39. The highest BCUT2D eigenvalue weighted by Crippen LogP contribution is 2.48. The Labute approximate surface area is 248 Å². The van der Waals surface area contributed by atoms with Gasteiger partial charge in [-0.2, -0.15) is 5.10 Å². The number of carbonyl (C=O) groups is 2. The molecular weight excluding hydrogens is 530 g/mol. The summed E-state index contributed by atoms with van der Waals surface area (Å²) in [6.07, 6.45) is 8.13. The quantitative estimate of drug-likeness (QED) is 0.280. The summed E-state index contributed by atoms with van der Waals surface area (Å²) in [6, 6.07) is 19.9. The molecule has 1 unspecified atom stereocenters. The van der Waals surface area contributed by atoms with Gasteiger partial charge in [0.15, 0.2) is 5.69 Å². The van der Waals surface area contributed by atoms with E-state index in [1.165, 1.54) is 28.3 Å². The second-order valence-electron chi connectivity index (χ2n) is 12.2. The van der Waals surface area contributed by atoms with Gasteiger partial charge in [-0.1, -0.05) is 87.2 Å². The second-order valence-corrected chi connectivity index (χ2v) is 12.2. The van der Waals surface area contributed by atoms with Gasteiger partial charge in [0.2, 0.25) is 11.8 Å². The van der Waals surface area contributed by atoms with E-state index in [2.05, 4.69) is 48.5 Å². The first-order chi connectivity index (χ1) is 20.3. The van der Waals surface area contributed by atoms with Crippen molar-refractivity contribution in [2.45, 2.75) is 96.4 Å². The highest BCUT2D eigenvalue weighted by atomic mass is 16.5. The maximum absolute atomic E-state index is 13.2. The lowest BCUT2D eigenvalue weighted by Gasteiger charge is -2.42. The molecule has 224 valence electrons. The van der Waals surface area contributed by atoms with Gasteiger partial charge in [0.25, 0.3) is 0 Å². The standard InChI is InChI=1S/C34H43N3O5/c1-24-12-6-7-15-26(24)27-16-10-11-19-34(27,2)23-42-32-20-29(33(39)40)36-37(32)21-31(38)35-28-17-8-9-18-30(28)41-22-25-13-4-3-5-14-25/h3-7,12-15,20,27-28,30H,8-11,16-19,21-23H2,1-2H3,(H,35,38)(H,39,40)/t27?,28-,30-,34-/m0/s1. The first-order valence-corrected chi connectivity index (χ1v) is 15.3. The lowest BCUT2D eigenvalue weighted by molar-refractivity contribution is -0.124. The van der Waals surface area contributed by atoms with E-state index in [1.54, 1.807) is 0 Å². The molecule has 5 rings (SSSR count). The van der Waals surface area contributed by atoms with E-state index >= 15 is 0 Å². The normalized spacial score (nSPS) is 24.2. The van der Waals surface area contributed by atoms with Crippen LogP contribution in [0.15, 0.2) is 60.7 Å². The molecule has 0 bridgehead atoms. The van der Waals surface area contributed by atoms with Gasteiger partial charge >= 0.3 is 5.97 Å². The summed E-state index contributed by atoms with van der Waals surface area (Å²) in [6.45, 7) is 5.20. The average molecular weight is 574 g/mol. The fourth-order valence-electron chi connectivity index (χ4n) is 6.68. The number of nitrogens with one attached hydrogen (secondary N) is 1. The predicted octanol–water partition coefficient (Wildman–Crippen LogP) is 6.28. The van der Waals surface area contributed by atoms with Crippen LogP contribution in [0.25, 0.3) is 0 Å². The zero-order valence-corrected chi connectivity index (χ0v) is 24.8. The van der Waals surface area contributed by atoms with Crippen LogP contribution in [0.3, 0.4) is 0 Å². The van der Waals surface area contributed by atoms with E-state index in [0.29, 0.717) is 25.0 Å². The van der Waals surface area contributed by atoms with Crippen LogP contribution < -0.4 is 10.1 Å². The molecule has 8 nitrogen and oxygen atoms in total. The Morgan fingerprint density at radius 2 is 1.76 bits per heavy atom. The van der Waals surface area contributed by atoms with Crippen molar-refractivity contribution in [1.29, 1.82) is 0 Å². The molecule has 1 amide bonds. The molecule has 2 N–H and O–H groups in total. The Hall–Kier alpha value is -3.65. The van der Waals surface area contributed by atoms with Crippen molar-refractivity contribution in [3.63, 3.8) is 0 Å². The lowest BCUT2D eigenvalue weighted by atomic mass is 9.64. The minimum absolute atomic E-state index is 0.0737. The van der Waals surface area contributed by atoms with Crippen LogP contribution >= 0.6 is 0 Å². The minimum atomic E-state index is -1.15. The largest absolute Gasteiger partial charge is 0.477 e. The van der Waals surface area contributed by atoms with Gasteiger partial charge in [-0.05, 0) is 55.2 Å². The number of carbonyl (C=O) groups excluding carboxylic acids is 1. The molecule has 2 aliphatic rings. The Morgan fingerprint density at radius 1 is 1.02 bits per heavy atom. The number of hydrogen-bond donors (Lipinski definition) is 2. The molecule has 2 saturated carbocycles. The molecule has 0 spiro atoms. The van der Waals surface area contributed by atoms with Crippen LogP contribution in [0.2, 0.25) is 0 Å². The molecule has 0 aliphatic heterocycles. The maximum Gasteiger partial charge on any atom is 0.356 e. The Morgan fingerprint density at radius 3 is 2.55 bits per heavy atom. The summed E-state index contributed by atoms with van der Waals surface area (Å²) in [4.78, 5) is 25.0. The average Bonchev–Trinajstić information content (AvgIpc) is 3.40. The monoisotopic (exact) mass is 573 g/mol. The van der Waals surface area contributed by atoms with Crippen LogP contribution in [-0.2, 0) is 22.7 Å². The summed E-state index contributed by atoms with van der Waals surface area (Å²) < 4.78 is 13.9. The lowest BCUT2D eigenvalue weighted by Crippen LogP contribution is -2.47. The van der Waals surface area contributed by atoms with E-state index < -0.39 is 5.97 Å². The van der Waals surface area contributed by atoms with Crippen LogP contribution in [0.1, 0.15) is 91.4 Å². The van der Waals surface area contributed by atoms with Crippen molar-refractivity contribution >= 4 is 11.9 Å². The van der Waals surface area contributed by atoms with E-state index in [1.807, 2.05) is 30.3 Å². The molecule has 0 radical (unpaired) electrons. The maximum atomic E-state index is 13.2. The van der Waals surface area contributed by atoms with Crippen molar-refractivity contribution in [3.05, 3.63) is 83.0 Å². The van der Waals surface area contributed by atoms with Gasteiger partial charge < -0.3 is 19.9 Å². The summed E-state index contributed by atoms with van der Waals surface area (Å²) in [5, 5.41) is 17.0. The number of amides is 1. The first kappa shape index (κ1) is 29.8. The van der Waals surface area contributed by atoms with Crippen molar-refractivity contribution in [2.75, 3.05) is 6.61 Å². The number of ether oxygens (including phenoxy) is 2. The van der Waals surface area contributed by atoms with Crippen LogP contribution in [0.5, 0.6) is 5.88 Å². The number of rotatable bonds is 11. The van der Waals surface area contributed by atoms with Gasteiger partial charge in [-0.3, -0.25) is 4.79 Å². The number of aryl methyl sites for hydroxylation is 1. The smallest absolute Gasteiger partial charge is 0.356 e. The molecule has 3 aromatic rings. The molecular formula is C34H43N3O5. The number of benzene rings is 2. The third-order valence-electron chi connectivity index (χ3n) is 9.06. The first-order valence-electron chi connectivity index (χ1n) is 15.3. The van der Waals surface area contributed by atoms with Gasteiger partial charge in [0.1, 0.15) is 6.54 Å². The van der Waals surface area contributed by atoms with Gasteiger partial charge in [0, 0.05) is 11.5 Å². The van der Waals surface area contributed by atoms with Crippen molar-refractivity contribution < 1.29 is 24.2 Å². The Kier molecular flexibility index (Phi) is 9.62. The highest BCUT2D eigenvalue weighted by molar-refractivity contribution is 5.85. The number of aromatic nitrogens is 2. The number of carboxylic acids is 1. The molecule has 1 heterocycles. The van der Waals surface area contributed by atoms with Crippen LogP contribution in [0, 0.1) is 12.3 Å². The Balaban J connectivity index is 1.26. The van der Waals surface area contributed by atoms with Crippen LogP contribution in [-0.4, -0.2) is 45.5 Å². The van der Waals surface area contributed by atoms with Crippen molar-refractivity contribution in [3.8, 4) is 5.88 Å². The summed E-state index contributed by atoms with van der Waals surface area (Å²) in [5.41, 5.74) is 3.46. The number of hydrogen-bond acceptors (Lipinski definition) is 5. The van der Waals surface area contributed by atoms with E-state index in [4.69, 9.17) is 9.47 Å².